The van der Waals surface area contributed by atoms with Crippen molar-refractivity contribution >= 4 is 17.8 Å². The van der Waals surface area contributed by atoms with Gasteiger partial charge in [0.1, 0.15) is 5.16 Å². The van der Waals surface area contributed by atoms with Crippen LogP contribution in [0.2, 0.25) is 0 Å². The summed E-state index contributed by atoms with van der Waals surface area (Å²) in [6, 6.07) is 0. The Hall–Kier alpha value is -0.740. The number of halogens is 1. The first-order chi connectivity index (χ1) is 4.33. The van der Waals surface area contributed by atoms with Crippen molar-refractivity contribution in [2.24, 2.45) is 5.10 Å². The fourth-order valence-electron chi connectivity index (χ4n) is 0.446. The highest BCUT2D eigenvalue weighted by Gasteiger charge is 1.99. The molecule has 0 radical (unpaired) electrons. The molecule has 0 saturated carbocycles. The second kappa shape index (κ2) is 2.70. The van der Waals surface area contributed by atoms with E-state index in [2.05, 4.69) is 16.0 Å². The van der Waals surface area contributed by atoms with Crippen LogP contribution >= 0.6 is 11.6 Å². The van der Waals surface area contributed by atoms with Crippen LogP contribution in [0, 0.1) is 0 Å². The van der Waals surface area contributed by atoms with Crippen LogP contribution < -0.4 is 10.9 Å². The Morgan fingerprint density at radius 3 is 3.11 bits per heavy atom. The van der Waals surface area contributed by atoms with E-state index in [9.17, 15) is 0 Å². The molecule has 0 aromatic heterocycles. The molecule has 0 aromatic rings. The minimum Gasteiger partial charge on any atom is -0.256 e. The molecule has 0 spiro atoms. The lowest BCUT2D eigenvalue weighted by Gasteiger charge is -2.19. The van der Waals surface area contributed by atoms with E-state index in [1.807, 2.05) is 0 Å². The summed E-state index contributed by atoms with van der Waals surface area (Å²) in [5, 5.41) is 5.77. The van der Waals surface area contributed by atoms with Crippen LogP contribution in [-0.4, -0.2) is 18.5 Å². The fourth-order valence-corrected chi connectivity index (χ4v) is 0.583. The van der Waals surface area contributed by atoms with Crippen LogP contribution in [0.15, 0.2) is 16.3 Å². The molecule has 0 fully saturated rings. The number of hydrazine groups is 2. The van der Waals surface area contributed by atoms with Gasteiger partial charge in [0.05, 0.1) is 6.21 Å². The molecule has 1 heterocycles. The molecule has 50 valence electrons. The van der Waals surface area contributed by atoms with Crippen LogP contribution in [0.25, 0.3) is 0 Å². The molecule has 0 atom stereocenters. The van der Waals surface area contributed by atoms with E-state index in [0.717, 1.165) is 0 Å². The van der Waals surface area contributed by atoms with Gasteiger partial charge in [-0.05, 0) is 6.08 Å². The SMILES string of the molecule is CNN1N=CC=C(Cl)N1. The first kappa shape index (κ1) is 6.38. The van der Waals surface area contributed by atoms with Gasteiger partial charge in [-0.15, -0.1) is 10.3 Å². The van der Waals surface area contributed by atoms with Crippen molar-refractivity contribution < 1.29 is 0 Å². The zero-order valence-corrected chi connectivity index (χ0v) is 5.68. The summed E-state index contributed by atoms with van der Waals surface area (Å²) in [6.45, 7) is 0. The Morgan fingerprint density at radius 1 is 1.89 bits per heavy atom. The smallest absolute Gasteiger partial charge is 0.125 e. The number of hydrogen-bond acceptors (Lipinski definition) is 4. The largest absolute Gasteiger partial charge is 0.256 e. The van der Waals surface area contributed by atoms with Gasteiger partial charge in [0.2, 0.25) is 0 Å². The predicted octanol–water partition coefficient (Wildman–Crippen LogP) is 0.00700. The van der Waals surface area contributed by atoms with E-state index in [0.29, 0.717) is 5.16 Å². The van der Waals surface area contributed by atoms with E-state index in [1.54, 1.807) is 19.3 Å². The van der Waals surface area contributed by atoms with Gasteiger partial charge >= 0.3 is 0 Å². The Bertz CT molecular complexity index is 153. The second-order valence-electron chi connectivity index (χ2n) is 1.43. The number of hydrazone groups is 1. The quantitative estimate of drug-likeness (QED) is 0.512. The maximum Gasteiger partial charge on any atom is 0.125 e. The molecule has 4 nitrogen and oxygen atoms in total. The number of hydrogen-bond donors (Lipinski definition) is 2. The third kappa shape index (κ3) is 1.58. The van der Waals surface area contributed by atoms with Crippen molar-refractivity contribution in [2.45, 2.75) is 0 Å². The number of nitrogens with zero attached hydrogens (tertiary/aromatic N) is 2. The van der Waals surface area contributed by atoms with Crippen molar-refractivity contribution in [1.29, 1.82) is 0 Å². The van der Waals surface area contributed by atoms with E-state index < -0.39 is 0 Å². The number of nitrogens with one attached hydrogen (secondary N) is 2. The van der Waals surface area contributed by atoms with Crippen molar-refractivity contribution in [3.63, 3.8) is 0 Å². The lowest BCUT2D eigenvalue weighted by Crippen LogP contribution is -2.42. The van der Waals surface area contributed by atoms with E-state index in [4.69, 9.17) is 11.6 Å². The van der Waals surface area contributed by atoms with Gasteiger partial charge in [0, 0.05) is 7.05 Å². The lowest BCUT2D eigenvalue weighted by molar-refractivity contribution is 0.161. The number of rotatable bonds is 1. The van der Waals surface area contributed by atoms with Crippen molar-refractivity contribution in [1.82, 2.24) is 16.1 Å². The van der Waals surface area contributed by atoms with Crippen LogP contribution in [-0.2, 0) is 0 Å². The summed E-state index contributed by atoms with van der Waals surface area (Å²) in [6.07, 6.45) is 3.25. The van der Waals surface area contributed by atoms with Crippen LogP contribution in [0.5, 0.6) is 0 Å². The lowest BCUT2D eigenvalue weighted by atomic mass is 10.6. The molecule has 0 aliphatic carbocycles. The summed E-state index contributed by atoms with van der Waals surface area (Å²) >= 11 is 5.57. The van der Waals surface area contributed by atoms with E-state index >= 15 is 0 Å². The van der Waals surface area contributed by atoms with Crippen LogP contribution in [0.1, 0.15) is 0 Å². The zero-order chi connectivity index (χ0) is 6.69. The summed E-state index contributed by atoms with van der Waals surface area (Å²) in [7, 11) is 1.74. The topological polar surface area (TPSA) is 39.7 Å². The molecule has 0 amide bonds. The maximum atomic E-state index is 5.57. The fraction of sp³-hybridized carbons (Fsp3) is 0.250. The molecule has 1 rings (SSSR count). The van der Waals surface area contributed by atoms with Gasteiger partial charge in [-0.25, -0.2) is 5.43 Å². The average molecular weight is 147 g/mol. The maximum absolute atomic E-state index is 5.57. The van der Waals surface area contributed by atoms with Gasteiger partial charge in [-0.3, -0.25) is 5.43 Å². The van der Waals surface area contributed by atoms with Gasteiger partial charge in [-0.1, -0.05) is 11.6 Å². The summed E-state index contributed by atoms with van der Waals surface area (Å²) in [5.74, 6) is 0. The van der Waals surface area contributed by atoms with Crippen LogP contribution in [0.4, 0.5) is 0 Å². The molecule has 0 aromatic carbocycles. The second-order valence-corrected chi connectivity index (χ2v) is 1.83. The van der Waals surface area contributed by atoms with Crippen molar-refractivity contribution in [3.05, 3.63) is 11.2 Å². The summed E-state index contributed by atoms with van der Waals surface area (Å²) < 4.78 is 0. The van der Waals surface area contributed by atoms with Crippen LogP contribution in [0.3, 0.4) is 0 Å². The van der Waals surface area contributed by atoms with E-state index in [-0.39, 0.29) is 0 Å². The highest BCUT2D eigenvalue weighted by atomic mass is 35.5. The zero-order valence-electron chi connectivity index (χ0n) is 4.93. The molecule has 0 bridgehead atoms. The number of allylic oxidation sites excluding steroid dienone is 1. The Kier molecular flexibility index (Phi) is 1.92. The van der Waals surface area contributed by atoms with Gasteiger partial charge in [-0.2, -0.15) is 0 Å². The molecule has 1 aliphatic rings. The summed E-state index contributed by atoms with van der Waals surface area (Å²) in [4.78, 5) is 0. The highest BCUT2D eigenvalue weighted by molar-refractivity contribution is 6.30. The Morgan fingerprint density at radius 2 is 2.67 bits per heavy atom. The monoisotopic (exact) mass is 146 g/mol. The molecule has 0 unspecified atom stereocenters. The minimum absolute atomic E-state index is 0.541. The Balaban J connectivity index is 2.51. The Labute approximate surface area is 58.1 Å². The predicted molar refractivity (Wildman–Crippen MR) is 36.5 cm³/mol. The molecular weight excluding hydrogens is 140 g/mol. The average Bonchev–Trinajstić information content (AvgIpc) is 1.88. The molecular formula is C4H7ClN4. The third-order valence-corrected chi connectivity index (χ3v) is 1.04. The first-order valence-corrected chi connectivity index (χ1v) is 2.84. The molecule has 1 aliphatic heterocycles. The van der Waals surface area contributed by atoms with Crippen molar-refractivity contribution in [3.8, 4) is 0 Å². The van der Waals surface area contributed by atoms with Crippen molar-refractivity contribution in [2.75, 3.05) is 7.05 Å². The minimum atomic E-state index is 0.541. The molecule has 0 saturated heterocycles. The summed E-state index contributed by atoms with van der Waals surface area (Å²) in [5.41, 5.74) is 5.45. The van der Waals surface area contributed by atoms with Gasteiger partial charge < -0.3 is 0 Å². The van der Waals surface area contributed by atoms with Gasteiger partial charge in [0.25, 0.3) is 0 Å². The third-order valence-electron chi connectivity index (χ3n) is 0.828. The first-order valence-electron chi connectivity index (χ1n) is 2.47. The molecule has 2 N–H and O–H groups in total. The molecule has 5 heteroatoms. The normalized spacial score (nSPS) is 17.1. The standard InChI is InChI=1S/C4H7ClN4/c1-6-9-7-3-2-4(5)8-9/h2-3,6,8H,1H3. The van der Waals surface area contributed by atoms with E-state index in [1.165, 1.54) is 5.23 Å². The van der Waals surface area contributed by atoms with Gasteiger partial charge in [0.15, 0.2) is 0 Å². The highest BCUT2D eigenvalue weighted by Crippen LogP contribution is 1.98. The molecule has 9 heavy (non-hydrogen) atoms.